The van der Waals surface area contributed by atoms with Crippen LogP contribution in [0.5, 0.6) is 0 Å². The van der Waals surface area contributed by atoms with E-state index in [1.54, 1.807) is 12.1 Å². The first-order valence-electron chi connectivity index (χ1n) is 12.3. The van der Waals surface area contributed by atoms with Crippen molar-refractivity contribution in [3.05, 3.63) is 70.9 Å². The summed E-state index contributed by atoms with van der Waals surface area (Å²) < 4.78 is 34.4. The summed E-state index contributed by atoms with van der Waals surface area (Å²) in [6.45, 7) is 11.7. The first-order chi connectivity index (χ1) is 18.2. The molecule has 9 nitrogen and oxygen atoms in total. The van der Waals surface area contributed by atoms with Gasteiger partial charge in [-0.05, 0) is 29.9 Å². The maximum Gasteiger partial charge on any atom is 0.262 e. The van der Waals surface area contributed by atoms with Crippen molar-refractivity contribution in [3.63, 3.8) is 0 Å². The number of nitrogens with zero attached hydrogens (tertiary/aromatic N) is 2. The van der Waals surface area contributed by atoms with E-state index in [0.29, 0.717) is 11.3 Å². The van der Waals surface area contributed by atoms with E-state index in [9.17, 15) is 18.0 Å². The van der Waals surface area contributed by atoms with Gasteiger partial charge in [0.1, 0.15) is 6.04 Å². The summed E-state index contributed by atoms with van der Waals surface area (Å²) >= 11 is 1.37. The fourth-order valence-electron chi connectivity index (χ4n) is 4.30. The Morgan fingerprint density at radius 2 is 1.92 bits per heavy atom. The van der Waals surface area contributed by atoms with Gasteiger partial charge in [0.2, 0.25) is 21.6 Å². The molecule has 2 amide bonds. The van der Waals surface area contributed by atoms with E-state index in [1.165, 1.54) is 27.8 Å². The number of ether oxygens (including phenoxy) is 1. The molecule has 2 heterocycles. The number of benzene rings is 2. The standard InChI is InChI=1S/C27H30N4O5S2/c1-18(2)14-22(30-27(33)24-15-19-8-4-6-10-23(19)37-24)26(32)29-16-20-17-31(12-13-36-20)38(34,35)25-11-7-5-9-21(25)28-3/h4-11,15,18,20,22H,12-14,16-17H2,1-2H3,(H,29,32)(H,30,33)/t20-,22+/m1/s1. The minimum absolute atomic E-state index is 0.0396. The average Bonchev–Trinajstić information content (AvgIpc) is 3.36. The van der Waals surface area contributed by atoms with Gasteiger partial charge in [-0.3, -0.25) is 9.59 Å². The number of para-hydroxylation sites is 1. The summed E-state index contributed by atoms with van der Waals surface area (Å²) in [6, 6.07) is 14.9. The lowest BCUT2D eigenvalue weighted by Crippen LogP contribution is -2.52. The molecular weight excluding hydrogens is 524 g/mol. The van der Waals surface area contributed by atoms with Gasteiger partial charge < -0.3 is 15.4 Å². The van der Waals surface area contributed by atoms with E-state index in [2.05, 4.69) is 15.5 Å². The average molecular weight is 555 g/mol. The van der Waals surface area contributed by atoms with Crippen molar-refractivity contribution in [2.75, 3.05) is 26.2 Å². The lowest BCUT2D eigenvalue weighted by Gasteiger charge is -2.32. The van der Waals surface area contributed by atoms with E-state index in [-0.39, 0.29) is 54.6 Å². The quantitative estimate of drug-likeness (QED) is 0.391. The second-order valence-electron chi connectivity index (χ2n) is 9.48. The number of nitrogens with one attached hydrogen (secondary N) is 2. The van der Waals surface area contributed by atoms with Crippen molar-refractivity contribution in [2.24, 2.45) is 5.92 Å². The Labute approximate surface area is 226 Å². The van der Waals surface area contributed by atoms with E-state index in [0.717, 1.165) is 10.1 Å². The van der Waals surface area contributed by atoms with Crippen LogP contribution in [0.15, 0.2) is 59.5 Å². The lowest BCUT2D eigenvalue weighted by atomic mass is 10.0. The number of carbonyl (C=O) groups is 2. The fraction of sp³-hybridized carbons (Fsp3) is 0.370. The molecule has 3 aromatic rings. The maximum absolute atomic E-state index is 13.2. The van der Waals surface area contributed by atoms with Crippen LogP contribution in [0, 0.1) is 12.5 Å². The first-order valence-corrected chi connectivity index (χ1v) is 14.6. The Morgan fingerprint density at radius 1 is 1.18 bits per heavy atom. The molecule has 0 saturated carbocycles. The predicted molar refractivity (Wildman–Crippen MR) is 147 cm³/mol. The van der Waals surface area contributed by atoms with Gasteiger partial charge in [-0.1, -0.05) is 56.3 Å². The number of thiophene rings is 1. The van der Waals surface area contributed by atoms with Gasteiger partial charge in [0.05, 0.1) is 29.1 Å². The Hall–Kier alpha value is -3.30. The van der Waals surface area contributed by atoms with Crippen LogP contribution in [0.3, 0.4) is 0 Å². The fourth-order valence-corrected chi connectivity index (χ4v) is 6.85. The van der Waals surface area contributed by atoms with Crippen molar-refractivity contribution >= 4 is 48.9 Å². The number of carbonyl (C=O) groups excluding carboxylic acids is 2. The van der Waals surface area contributed by atoms with Crippen molar-refractivity contribution < 1.29 is 22.7 Å². The number of morpholine rings is 1. The highest BCUT2D eigenvalue weighted by molar-refractivity contribution is 7.89. The van der Waals surface area contributed by atoms with Crippen molar-refractivity contribution in [2.45, 2.75) is 37.3 Å². The molecule has 2 N–H and O–H groups in total. The number of sulfonamides is 1. The summed E-state index contributed by atoms with van der Waals surface area (Å²) in [5, 5.41) is 6.67. The normalized spacial score (nSPS) is 17.2. The van der Waals surface area contributed by atoms with Crippen LogP contribution in [-0.4, -0.2) is 62.9 Å². The lowest BCUT2D eigenvalue weighted by molar-refractivity contribution is -0.124. The molecule has 1 saturated heterocycles. The smallest absolute Gasteiger partial charge is 0.262 e. The van der Waals surface area contributed by atoms with Gasteiger partial charge in [0.15, 0.2) is 0 Å². The van der Waals surface area contributed by atoms with Crippen molar-refractivity contribution in [1.82, 2.24) is 14.9 Å². The summed E-state index contributed by atoms with van der Waals surface area (Å²) in [6.07, 6.45) is -0.123. The van der Waals surface area contributed by atoms with Crippen LogP contribution < -0.4 is 10.6 Å². The zero-order valence-corrected chi connectivity index (χ0v) is 22.8. The third-order valence-electron chi connectivity index (χ3n) is 6.19. The summed E-state index contributed by atoms with van der Waals surface area (Å²) in [4.78, 5) is 29.9. The Kier molecular flexibility index (Phi) is 8.79. The number of amides is 2. The summed E-state index contributed by atoms with van der Waals surface area (Å²) in [5.41, 5.74) is 0.0646. The third-order valence-corrected chi connectivity index (χ3v) is 9.21. The van der Waals surface area contributed by atoms with Crippen LogP contribution in [0.1, 0.15) is 29.9 Å². The van der Waals surface area contributed by atoms with Gasteiger partial charge in [-0.25, -0.2) is 13.3 Å². The van der Waals surface area contributed by atoms with E-state index in [4.69, 9.17) is 11.3 Å². The van der Waals surface area contributed by atoms with Gasteiger partial charge in [0, 0.05) is 24.3 Å². The molecular formula is C27H30N4O5S2. The summed E-state index contributed by atoms with van der Waals surface area (Å²) in [5.74, 6) is -0.505. The first kappa shape index (κ1) is 27.7. The predicted octanol–water partition coefficient (Wildman–Crippen LogP) is 3.80. The molecule has 0 radical (unpaired) electrons. The maximum atomic E-state index is 13.2. The number of fused-ring (bicyclic) bond motifs is 1. The van der Waals surface area contributed by atoms with Gasteiger partial charge in [-0.2, -0.15) is 4.31 Å². The second-order valence-corrected chi connectivity index (χ2v) is 12.5. The van der Waals surface area contributed by atoms with Crippen molar-refractivity contribution in [1.29, 1.82) is 0 Å². The van der Waals surface area contributed by atoms with Crippen molar-refractivity contribution in [3.8, 4) is 0 Å². The Bertz CT molecular complexity index is 1430. The number of rotatable bonds is 9. The summed E-state index contributed by atoms with van der Waals surface area (Å²) in [7, 11) is -3.90. The molecule has 0 spiro atoms. The second kappa shape index (κ2) is 12.0. The molecule has 0 unspecified atom stereocenters. The molecule has 1 aromatic heterocycles. The van der Waals surface area contributed by atoms with Crippen LogP contribution in [0.4, 0.5) is 5.69 Å². The van der Waals surface area contributed by atoms with E-state index in [1.807, 2.05) is 44.2 Å². The highest BCUT2D eigenvalue weighted by Crippen LogP contribution is 2.28. The molecule has 1 fully saturated rings. The van der Waals surface area contributed by atoms with E-state index >= 15 is 0 Å². The van der Waals surface area contributed by atoms with E-state index < -0.39 is 22.2 Å². The number of hydrogen-bond acceptors (Lipinski definition) is 6. The molecule has 1 aliphatic heterocycles. The minimum Gasteiger partial charge on any atom is -0.374 e. The molecule has 11 heteroatoms. The Balaban J connectivity index is 1.39. The molecule has 4 rings (SSSR count). The minimum atomic E-state index is -3.90. The van der Waals surface area contributed by atoms with Crippen LogP contribution in [0.2, 0.25) is 0 Å². The van der Waals surface area contributed by atoms with Gasteiger partial charge in [-0.15, -0.1) is 11.3 Å². The van der Waals surface area contributed by atoms with Crippen LogP contribution in [-0.2, 0) is 19.6 Å². The zero-order valence-electron chi connectivity index (χ0n) is 21.2. The molecule has 0 bridgehead atoms. The third kappa shape index (κ3) is 6.39. The number of hydrogen-bond donors (Lipinski definition) is 2. The molecule has 38 heavy (non-hydrogen) atoms. The van der Waals surface area contributed by atoms with Crippen LogP contribution in [0.25, 0.3) is 14.9 Å². The Morgan fingerprint density at radius 3 is 2.66 bits per heavy atom. The monoisotopic (exact) mass is 554 g/mol. The topological polar surface area (TPSA) is 109 Å². The van der Waals surface area contributed by atoms with Gasteiger partial charge in [0.25, 0.3) is 5.91 Å². The molecule has 200 valence electrons. The van der Waals surface area contributed by atoms with Crippen LogP contribution >= 0.6 is 11.3 Å². The van der Waals surface area contributed by atoms with Gasteiger partial charge >= 0.3 is 0 Å². The molecule has 1 aliphatic rings. The zero-order chi connectivity index (χ0) is 27.3. The highest BCUT2D eigenvalue weighted by Gasteiger charge is 2.33. The largest absolute Gasteiger partial charge is 0.374 e. The molecule has 0 aliphatic carbocycles. The highest BCUT2D eigenvalue weighted by atomic mass is 32.2. The SMILES string of the molecule is [C-]#[N+]c1ccccc1S(=O)(=O)N1CCO[C@H](CNC(=O)[C@H](CC(C)C)NC(=O)c2cc3ccccc3s2)C1. The molecule has 2 atom stereocenters. The molecule has 2 aromatic carbocycles.